The van der Waals surface area contributed by atoms with Crippen molar-refractivity contribution in [1.29, 1.82) is 5.26 Å². The minimum absolute atomic E-state index is 0.244. The van der Waals surface area contributed by atoms with Gasteiger partial charge in [-0.25, -0.2) is 4.98 Å². The minimum atomic E-state index is 0.244. The van der Waals surface area contributed by atoms with Crippen LogP contribution in [0.5, 0.6) is 0 Å². The lowest BCUT2D eigenvalue weighted by Crippen LogP contribution is -2.36. The minimum Gasteiger partial charge on any atom is -0.382 e. The van der Waals surface area contributed by atoms with E-state index in [-0.39, 0.29) is 5.82 Å². The zero-order chi connectivity index (χ0) is 14.5. The molecule has 1 aromatic heterocycles. The van der Waals surface area contributed by atoms with E-state index in [9.17, 15) is 0 Å². The summed E-state index contributed by atoms with van der Waals surface area (Å²) in [4.78, 5) is 12.7. The Balaban J connectivity index is 1.89. The van der Waals surface area contributed by atoms with Crippen LogP contribution in [0.25, 0.3) is 0 Å². The number of aromatic nitrogens is 2. The molecule has 2 rings (SSSR count). The molecule has 1 aliphatic rings. The van der Waals surface area contributed by atoms with Gasteiger partial charge in [-0.1, -0.05) is 12.8 Å². The van der Waals surface area contributed by atoms with Crippen LogP contribution in [0.3, 0.4) is 0 Å². The zero-order valence-electron chi connectivity index (χ0n) is 12.2. The van der Waals surface area contributed by atoms with Gasteiger partial charge in [0.1, 0.15) is 17.5 Å². The van der Waals surface area contributed by atoms with Gasteiger partial charge in [0, 0.05) is 26.2 Å². The first-order valence-electron chi connectivity index (χ1n) is 7.06. The van der Waals surface area contributed by atoms with Gasteiger partial charge >= 0.3 is 0 Å². The predicted molar refractivity (Wildman–Crippen MR) is 79.3 cm³/mol. The number of hydrogen-bond acceptors (Lipinski definition) is 6. The van der Waals surface area contributed by atoms with E-state index in [0.29, 0.717) is 11.5 Å². The Bertz CT molecular complexity index is 489. The standard InChI is InChI=1S/C14H22N6/c1-19(12-5-3-4-6-12)7-8-20(2)14-17-10-11(9-15)13(16)18-14/h10,12H,3-8H2,1-2H3,(H2,16,17,18). The van der Waals surface area contributed by atoms with Crippen LogP contribution in [0, 0.1) is 11.3 Å². The van der Waals surface area contributed by atoms with E-state index >= 15 is 0 Å². The topological polar surface area (TPSA) is 82.1 Å². The molecule has 20 heavy (non-hydrogen) atoms. The molecule has 1 saturated carbocycles. The van der Waals surface area contributed by atoms with Crippen molar-refractivity contribution < 1.29 is 0 Å². The summed E-state index contributed by atoms with van der Waals surface area (Å²) < 4.78 is 0. The molecule has 1 fully saturated rings. The van der Waals surface area contributed by atoms with Crippen LogP contribution < -0.4 is 10.6 Å². The van der Waals surface area contributed by atoms with Crippen LogP contribution in [0.15, 0.2) is 6.20 Å². The third kappa shape index (κ3) is 3.36. The number of nitrogen functional groups attached to an aromatic ring is 1. The SMILES string of the molecule is CN(CCN(C)C1CCCC1)c1ncc(C#N)c(N)n1. The van der Waals surface area contributed by atoms with Crippen molar-refractivity contribution in [2.24, 2.45) is 0 Å². The molecule has 0 atom stereocenters. The Morgan fingerprint density at radius 2 is 2.05 bits per heavy atom. The summed E-state index contributed by atoms with van der Waals surface area (Å²) in [6.07, 6.45) is 6.79. The van der Waals surface area contributed by atoms with Gasteiger partial charge < -0.3 is 15.5 Å². The van der Waals surface area contributed by atoms with E-state index in [0.717, 1.165) is 19.1 Å². The summed E-state index contributed by atoms with van der Waals surface area (Å²) in [5.74, 6) is 0.815. The smallest absolute Gasteiger partial charge is 0.227 e. The second kappa shape index (κ2) is 6.53. The molecule has 0 radical (unpaired) electrons. The number of rotatable bonds is 5. The Morgan fingerprint density at radius 1 is 1.35 bits per heavy atom. The van der Waals surface area contributed by atoms with Crippen molar-refractivity contribution in [3.63, 3.8) is 0 Å². The highest BCUT2D eigenvalue weighted by Crippen LogP contribution is 2.22. The maximum atomic E-state index is 8.82. The number of likely N-dealkylation sites (N-methyl/N-ethyl adjacent to an activating group) is 2. The fourth-order valence-corrected chi connectivity index (χ4v) is 2.59. The van der Waals surface area contributed by atoms with Crippen molar-refractivity contribution in [1.82, 2.24) is 14.9 Å². The van der Waals surface area contributed by atoms with Crippen LogP contribution in [0.1, 0.15) is 31.2 Å². The van der Waals surface area contributed by atoms with Crippen molar-refractivity contribution in [3.05, 3.63) is 11.8 Å². The van der Waals surface area contributed by atoms with Gasteiger partial charge in [0.15, 0.2) is 0 Å². The lowest BCUT2D eigenvalue weighted by molar-refractivity contribution is 0.251. The molecule has 6 nitrogen and oxygen atoms in total. The van der Waals surface area contributed by atoms with E-state index in [4.69, 9.17) is 11.0 Å². The van der Waals surface area contributed by atoms with E-state index < -0.39 is 0 Å². The molecular weight excluding hydrogens is 252 g/mol. The monoisotopic (exact) mass is 274 g/mol. The highest BCUT2D eigenvalue weighted by Gasteiger charge is 2.19. The Labute approximate surface area is 120 Å². The molecule has 0 saturated heterocycles. The molecule has 0 aromatic carbocycles. The van der Waals surface area contributed by atoms with Crippen LogP contribution in [0.2, 0.25) is 0 Å². The van der Waals surface area contributed by atoms with Crippen LogP contribution in [-0.4, -0.2) is 48.1 Å². The fraction of sp³-hybridized carbons (Fsp3) is 0.643. The third-order valence-corrected chi connectivity index (χ3v) is 4.00. The molecule has 108 valence electrons. The van der Waals surface area contributed by atoms with Crippen molar-refractivity contribution in [3.8, 4) is 6.07 Å². The summed E-state index contributed by atoms with van der Waals surface area (Å²) in [6.45, 7) is 1.82. The molecule has 1 heterocycles. The van der Waals surface area contributed by atoms with E-state index in [1.165, 1.54) is 31.9 Å². The number of nitriles is 1. The van der Waals surface area contributed by atoms with Gasteiger partial charge in [0.25, 0.3) is 0 Å². The molecule has 1 aromatic rings. The maximum absolute atomic E-state index is 8.82. The quantitative estimate of drug-likeness (QED) is 0.870. The number of hydrogen-bond donors (Lipinski definition) is 1. The average Bonchev–Trinajstić information content (AvgIpc) is 2.98. The fourth-order valence-electron chi connectivity index (χ4n) is 2.59. The second-order valence-electron chi connectivity index (χ2n) is 5.42. The summed E-state index contributed by atoms with van der Waals surface area (Å²) in [5.41, 5.74) is 6.04. The van der Waals surface area contributed by atoms with Gasteiger partial charge in [-0.2, -0.15) is 10.2 Å². The van der Waals surface area contributed by atoms with Crippen LogP contribution in [-0.2, 0) is 0 Å². The molecule has 0 bridgehead atoms. The first kappa shape index (κ1) is 14.5. The molecule has 1 aliphatic carbocycles. The Morgan fingerprint density at radius 3 is 2.65 bits per heavy atom. The van der Waals surface area contributed by atoms with E-state index in [1.54, 1.807) is 0 Å². The Hall–Kier alpha value is -1.87. The summed E-state index contributed by atoms with van der Waals surface area (Å²) >= 11 is 0. The van der Waals surface area contributed by atoms with Crippen molar-refractivity contribution >= 4 is 11.8 Å². The number of nitrogens with two attached hydrogens (primary N) is 1. The molecular formula is C14H22N6. The predicted octanol–water partition coefficient (Wildman–Crippen LogP) is 1.24. The van der Waals surface area contributed by atoms with E-state index in [1.807, 2.05) is 18.0 Å². The zero-order valence-corrected chi connectivity index (χ0v) is 12.2. The lowest BCUT2D eigenvalue weighted by atomic mass is 10.2. The van der Waals surface area contributed by atoms with Crippen LogP contribution >= 0.6 is 0 Å². The molecule has 0 amide bonds. The number of anilines is 2. The molecule has 2 N–H and O–H groups in total. The van der Waals surface area contributed by atoms with Gasteiger partial charge in [-0.05, 0) is 19.9 Å². The summed E-state index contributed by atoms with van der Waals surface area (Å²) in [7, 11) is 4.13. The lowest BCUT2D eigenvalue weighted by Gasteiger charge is -2.26. The van der Waals surface area contributed by atoms with Crippen molar-refractivity contribution in [2.45, 2.75) is 31.7 Å². The largest absolute Gasteiger partial charge is 0.382 e. The number of nitrogens with zero attached hydrogens (tertiary/aromatic N) is 5. The normalized spacial score (nSPS) is 15.5. The average molecular weight is 274 g/mol. The van der Waals surface area contributed by atoms with Gasteiger partial charge in [0.05, 0.1) is 6.20 Å². The highest BCUT2D eigenvalue weighted by molar-refractivity contribution is 5.50. The maximum Gasteiger partial charge on any atom is 0.227 e. The first-order valence-corrected chi connectivity index (χ1v) is 7.06. The van der Waals surface area contributed by atoms with E-state index in [2.05, 4.69) is 21.9 Å². The Kier molecular flexibility index (Phi) is 4.74. The first-order chi connectivity index (χ1) is 9.61. The highest BCUT2D eigenvalue weighted by atomic mass is 15.3. The molecule has 0 unspecified atom stereocenters. The van der Waals surface area contributed by atoms with Gasteiger partial charge in [0.2, 0.25) is 5.95 Å². The third-order valence-electron chi connectivity index (χ3n) is 4.00. The molecule has 0 aliphatic heterocycles. The second-order valence-corrected chi connectivity index (χ2v) is 5.42. The van der Waals surface area contributed by atoms with Crippen LogP contribution in [0.4, 0.5) is 11.8 Å². The van der Waals surface area contributed by atoms with Crippen molar-refractivity contribution in [2.75, 3.05) is 37.8 Å². The molecule has 0 spiro atoms. The van der Waals surface area contributed by atoms with Gasteiger partial charge in [-0.15, -0.1) is 0 Å². The van der Waals surface area contributed by atoms with Gasteiger partial charge in [-0.3, -0.25) is 0 Å². The summed E-state index contributed by atoms with van der Waals surface area (Å²) in [5, 5.41) is 8.82. The summed E-state index contributed by atoms with van der Waals surface area (Å²) in [6, 6.07) is 2.69. The molecule has 6 heteroatoms.